The first kappa shape index (κ1) is 17.1. The standard InChI is InChI=1S/C18H23N3O2S/c1-21(10-14-8-5-9-16(14)22)11-17(23)20-18-19-15(12-24-18)13-6-3-2-4-7-13/h2-4,6-7,12,14,16,22H,5,8-11H2,1H3,(H,19,20,23). The van der Waals surface area contributed by atoms with E-state index in [-0.39, 0.29) is 17.9 Å². The van der Waals surface area contributed by atoms with Crippen LogP contribution in [-0.2, 0) is 4.79 Å². The van der Waals surface area contributed by atoms with E-state index in [1.165, 1.54) is 11.3 Å². The molecular weight excluding hydrogens is 322 g/mol. The molecule has 1 aromatic carbocycles. The maximum Gasteiger partial charge on any atom is 0.240 e. The van der Waals surface area contributed by atoms with Gasteiger partial charge >= 0.3 is 0 Å². The predicted octanol–water partition coefficient (Wildman–Crippen LogP) is 2.84. The lowest BCUT2D eigenvalue weighted by molar-refractivity contribution is -0.117. The van der Waals surface area contributed by atoms with Crippen LogP contribution in [0.15, 0.2) is 35.7 Å². The number of hydrogen-bond acceptors (Lipinski definition) is 5. The van der Waals surface area contributed by atoms with Gasteiger partial charge in [0, 0.05) is 17.5 Å². The average Bonchev–Trinajstić information content (AvgIpc) is 3.18. The third kappa shape index (κ3) is 4.41. The number of carbonyl (C=O) groups excluding carboxylic acids is 1. The van der Waals surface area contributed by atoms with Gasteiger partial charge in [0.2, 0.25) is 5.91 Å². The summed E-state index contributed by atoms with van der Waals surface area (Å²) in [6, 6.07) is 9.91. The molecule has 0 radical (unpaired) electrons. The summed E-state index contributed by atoms with van der Waals surface area (Å²) in [4.78, 5) is 18.6. The summed E-state index contributed by atoms with van der Waals surface area (Å²) in [5, 5.41) is 15.3. The van der Waals surface area contributed by atoms with Gasteiger partial charge in [-0.3, -0.25) is 9.69 Å². The van der Waals surface area contributed by atoms with Gasteiger partial charge in [0.25, 0.3) is 0 Å². The molecule has 24 heavy (non-hydrogen) atoms. The minimum absolute atomic E-state index is 0.0704. The molecule has 3 rings (SSSR count). The smallest absolute Gasteiger partial charge is 0.240 e. The Balaban J connectivity index is 1.51. The lowest BCUT2D eigenvalue weighted by atomic mass is 10.1. The second-order valence-electron chi connectivity index (χ2n) is 6.41. The Morgan fingerprint density at radius 2 is 2.17 bits per heavy atom. The second-order valence-corrected chi connectivity index (χ2v) is 7.27. The van der Waals surface area contributed by atoms with Crippen LogP contribution in [0, 0.1) is 5.92 Å². The zero-order valence-electron chi connectivity index (χ0n) is 13.8. The number of nitrogens with zero attached hydrogens (tertiary/aromatic N) is 2. The van der Waals surface area contributed by atoms with E-state index in [4.69, 9.17) is 0 Å². The van der Waals surface area contributed by atoms with Crippen LogP contribution in [0.4, 0.5) is 5.13 Å². The van der Waals surface area contributed by atoms with E-state index in [2.05, 4.69) is 10.3 Å². The van der Waals surface area contributed by atoms with Crippen molar-refractivity contribution >= 4 is 22.4 Å². The number of carbonyl (C=O) groups is 1. The zero-order valence-corrected chi connectivity index (χ0v) is 14.6. The van der Waals surface area contributed by atoms with Crippen LogP contribution in [0.3, 0.4) is 0 Å². The lowest BCUT2D eigenvalue weighted by Gasteiger charge is -2.22. The number of likely N-dealkylation sites (N-methyl/N-ethyl adjacent to an activating group) is 1. The SMILES string of the molecule is CN(CC(=O)Nc1nc(-c2ccccc2)cs1)CC1CCCC1O. The van der Waals surface area contributed by atoms with Gasteiger partial charge in [-0.25, -0.2) is 4.98 Å². The van der Waals surface area contributed by atoms with Crippen molar-refractivity contribution in [3.05, 3.63) is 35.7 Å². The summed E-state index contributed by atoms with van der Waals surface area (Å²) in [5.74, 6) is 0.214. The topological polar surface area (TPSA) is 65.5 Å². The third-order valence-corrected chi connectivity index (χ3v) is 5.16. The number of nitrogens with one attached hydrogen (secondary N) is 1. The van der Waals surface area contributed by atoms with Gasteiger partial charge in [0.1, 0.15) is 0 Å². The number of amides is 1. The Morgan fingerprint density at radius 3 is 2.88 bits per heavy atom. The average molecular weight is 345 g/mol. The Hall–Kier alpha value is -1.76. The molecule has 0 saturated heterocycles. The molecule has 1 fully saturated rings. The highest BCUT2D eigenvalue weighted by molar-refractivity contribution is 7.14. The first-order valence-electron chi connectivity index (χ1n) is 8.29. The van der Waals surface area contributed by atoms with Crippen molar-refractivity contribution in [2.75, 3.05) is 25.5 Å². The van der Waals surface area contributed by atoms with Gasteiger partial charge in [0.05, 0.1) is 18.3 Å². The van der Waals surface area contributed by atoms with E-state index in [0.29, 0.717) is 11.7 Å². The highest BCUT2D eigenvalue weighted by Gasteiger charge is 2.26. The van der Waals surface area contributed by atoms with Crippen molar-refractivity contribution in [2.24, 2.45) is 5.92 Å². The summed E-state index contributed by atoms with van der Waals surface area (Å²) in [6.45, 7) is 1.06. The van der Waals surface area contributed by atoms with Crippen molar-refractivity contribution in [3.8, 4) is 11.3 Å². The fourth-order valence-corrected chi connectivity index (χ4v) is 3.91. The van der Waals surface area contributed by atoms with Gasteiger partial charge in [-0.1, -0.05) is 36.8 Å². The zero-order chi connectivity index (χ0) is 16.9. The minimum atomic E-state index is -0.220. The van der Waals surface area contributed by atoms with E-state index >= 15 is 0 Å². The number of aromatic nitrogens is 1. The van der Waals surface area contributed by atoms with Gasteiger partial charge in [-0.15, -0.1) is 11.3 Å². The van der Waals surface area contributed by atoms with Gasteiger partial charge in [-0.2, -0.15) is 0 Å². The summed E-state index contributed by atoms with van der Waals surface area (Å²) < 4.78 is 0. The first-order valence-corrected chi connectivity index (χ1v) is 9.17. The van der Waals surface area contributed by atoms with Crippen molar-refractivity contribution in [3.63, 3.8) is 0 Å². The Kier molecular flexibility index (Phi) is 5.60. The van der Waals surface area contributed by atoms with Crippen LogP contribution >= 0.6 is 11.3 Å². The molecule has 2 atom stereocenters. The van der Waals surface area contributed by atoms with Crippen LogP contribution in [0.25, 0.3) is 11.3 Å². The summed E-state index contributed by atoms with van der Waals surface area (Å²) in [5.41, 5.74) is 1.92. The van der Waals surface area contributed by atoms with Gasteiger partial charge < -0.3 is 10.4 Å². The Bertz CT molecular complexity index is 674. The van der Waals surface area contributed by atoms with Crippen LogP contribution in [-0.4, -0.2) is 47.1 Å². The molecular formula is C18H23N3O2S. The second kappa shape index (κ2) is 7.88. The third-order valence-electron chi connectivity index (χ3n) is 4.40. The molecule has 2 aromatic rings. The Labute approximate surface area is 146 Å². The molecule has 128 valence electrons. The molecule has 1 amide bonds. The fourth-order valence-electron chi connectivity index (χ4n) is 3.17. The van der Waals surface area contributed by atoms with E-state index in [9.17, 15) is 9.90 Å². The van der Waals surface area contributed by atoms with Crippen molar-refractivity contribution < 1.29 is 9.90 Å². The van der Waals surface area contributed by atoms with E-state index in [1.807, 2.05) is 47.7 Å². The number of aliphatic hydroxyl groups is 1. The van der Waals surface area contributed by atoms with Crippen LogP contribution in [0.2, 0.25) is 0 Å². The first-order chi connectivity index (χ1) is 11.6. The molecule has 1 aliphatic carbocycles. The molecule has 1 aromatic heterocycles. The number of anilines is 1. The summed E-state index contributed by atoms with van der Waals surface area (Å²) in [7, 11) is 1.92. The number of hydrogen-bond donors (Lipinski definition) is 2. The number of rotatable bonds is 6. The normalized spacial score (nSPS) is 20.5. The highest BCUT2D eigenvalue weighted by atomic mass is 32.1. The van der Waals surface area contributed by atoms with E-state index in [0.717, 1.165) is 37.1 Å². The van der Waals surface area contributed by atoms with Crippen molar-refractivity contribution in [1.29, 1.82) is 0 Å². The van der Waals surface area contributed by atoms with Crippen LogP contribution in [0.1, 0.15) is 19.3 Å². The predicted molar refractivity (Wildman–Crippen MR) is 97.0 cm³/mol. The minimum Gasteiger partial charge on any atom is -0.393 e. The highest BCUT2D eigenvalue weighted by Crippen LogP contribution is 2.26. The quantitative estimate of drug-likeness (QED) is 0.845. The molecule has 0 bridgehead atoms. The van der Waals surface area contributed by atoms with Crippen LogP contribution < -0.4 is 5.32 Å². The molecule has 2 N–H and O–H groups in total. The fraction of sp³-hybridized carbons (Fsp3) is 0.444. The monoisotopic (exact) mass is 345 g/mol. The van der Waals surface area contributed by atoms with E-state index < -0.39 is 0 Å². The molecule has 6 heteroatoms. The Morgan fingerprint density at radius 1 is 1.38 bits per heavy atom. The summed E-state index contributed by atoms with van der Waals surface area (Å²) in [6.07, 6.45) is 2.78. The molecule has 5 nitrogen and oxygen atoms in total. The van der Waals surface area contributed by atoms with Gasteiger partial charge in [-0.05, 0) is 25.8 Å². The van der Waals surface area contributed by atoms with Crippen molar-refractivity contribution in [1.82, 2.24) is 9.88 Å². The maximum atomic E-state index is 12.2. The maximum absolute atomic E-state index is 12.2. The number of thiazole rings is 1. The molecule has 0 aliphatic heterocycles. The molecule has 2 unspecified atom stereocenters. The molecule has 0 spiro atoms. The van der Waals surface area contributed by atoms with Gasteiger partial charge in [0.15, 0.2) is 5.13 Å². The van der Waals surface area contributed by atoms with E-state index in [1.54, 1.807) is 0 Å². The van der Waals surface area contributed by atoms with Crippen molar-refractivity contribution in [2.45, 2.75) is 25.4 Å². The summed E-state index contributed by atoms with van der Waals surface area (Å²) >= 11 is 1.43. The molecule has 1 heterocycles. The largest absolute Gasteiger partial charge is 0.393 e. The number of aliphatic hydroxyl groups excluding tert-OH is 1. The number of benzene rings is 1. The molecule has 1 saturated carbocycles. The lowest BCUT2D eigenvalue weighted by Crippen LogP contribution is -2.35. The molecule has 1 aliphatic rings. The van der Waals surface area contributed by atoms with Crippen LogP contribution in [0.5, 0.6) is 0 Å².